The molecule has 1 aliphatic rings. The molecule has 23 heavy (non-hydrogen) atoms. The standard InChI is InChI=1S/C20H24ClNO/c1-19(2)13-20(14-22(3)4,15-8-6-5-7-9-15)17-12-16(21)10-11-18(17)23-19/h5-12H,13-14H2,1-4H3. The van der Waals surface area contributed by atoms with E-state index in [1.165, 1.54) is 11.1 Å². The number of likely N-dealkylation sites (N-methyl/N-ethyl adjacent to an activating group) is 1. The van der Waals surface area contributed by atoms with Crippen LogP contribution in [0.3, 0.4) is 0 Å². The van der Waals surface area contributed by atoms with Crippen molar-refractivity contribution in [3.63, 3.8) is 0 Å². The molecule has 1 unspecified atom stereocenters. The van der Waals surface area contributed by atoms with Crippen molar-refractivity contribution in [3.05, 3.63) is 64.7 Å². The van der Waals surface area contributed by atoms with Crippen LogP contribution in [0.4, 0.5) is 0 Å². The molecule has 0 aromatic heterocycles. The van der Waals surface area contributed by atoms with E-state index in [9.17, 15) is 0 Å². The van der Waals surface area contributed by atoms with Crippen LogP contribution in [0.15, 0.2) is 48.5 Å². The normalized spacial score (nSPS) is 22.5. The second-order valence-corrected chi connectivity index (χ2v) is 7.80. The van der Waals surface area contributed by atoms with Crippen molar-refractivity contribution in [2.75, 3.05) is 20.6 Å². The molecule has 3 rings (SSSR count). The van der Waals surface area contributed by atoms with Crippen molar-refractivity contribution in [3.8, 4) is 5.75 Å². The molecule has 0 spiro atoms. The van der Waals surface area contributed by atoms with Gasteiger partial charge in [0.15, 0.2) is 0 Å². The van der Waals surface area contributed by atoms with Gasteiger partial charge >= 0.3 is 0 Å². The summed E-state index contributed by atoms with van der Waals surface area (Å²) in [5, 5.41) is 0.756. The van der Waals surface area contributed by atoms with Crippen molar-refractivity contribution in [1.29, 1.82) is 0 Å². The summed E-state index contributed by atoms with van der Waals surface area (Å²) in [6, 6.07) is 16.7. The first-order valence-electron chi connectivity index (χ1n) is 8.02. The SMILES string of the molecule is CN(C)CC1(c2ccccc2)CC(C)(C)Oc2ccc(Cl)cc21. The summed E-state index contributed by atoms with van der Waals surface area (Å²) in [5.74, 6) is 0.941. The van der Waals surface area contributed by atoms with Gasteiger partial charge in [0.25, 0.3) is 0 Å². The van der Waals surface area contributed by atoms with E-state index in [4.69, 9.17) is 16.3 Å². The Balaban J connectivity index is 2.27. The average Bonchev–Trinajstić information content (AvgIpc) is 2.47. The van der Waals surface area contributed by atoms with Gasteiger partial charge < -0.3 is 9.64 Å². The summed E-state index contributed by atoms with van der Waals surface area (Å²) in [4.78, 5) is 2.25. The van der Waals surface area contributed by atoms with Gasteiger partial charge in [-0.3, -0.25) is 0 Å². The van der Waals surface area contributed by atoms with Gasteiger partial charge in [-0.15, -0.1) is 0 Å². The minimum Gasteiger partial charge on any atom is -0.487 e. The summed E-state index contributed by atoms with van der Waals surface area (Å²) in [7, 11) is 4.24. The topological polar surface area (TPSA) is 12.5 Å². The van der Waals surface area contributed by atoms with Crippen LogP contribution in [0.25, 0.3) is 0 Å². The summed E-state index contributed by atoms with van der Waals surface area (Å²) in [5.41, 5.74) is 2.14. The van der Waals surface area contributed by atoms with Gasteiger partial charge in [0.1, 0.15) is 11.4 Å². The van der Waals surface area contributed by atoms with Crippen LogP contribution in [0.2, 0.25) is 5.02 Å². The van der Waals surface area contributed by atoms with Crippen molar-refractivity contribution in [2.45, 2.75) is 31.3 Å². The third-order valence-electron chi connectivity index (χ3n) is 4.48. The monoisotopic (exact) mass is 329 g/mol. The Bertz CT molecular complexity index is 696. The maximum absolute atomic E-state index is 6.33. The summed E-state index contributed by atoms with van der Waals surface area (Å²) < 4.78 is 6.26. The highest BCUT2D eigenvalue weighted by Gasteiger charge is 2.46. The molecule has 1 heterocycles. The van der Waals surface area contributed by atoms with Crippen molar-refractivity contribution >= 4 is 11.6 Å². The third kappa shape index (κ3) is 3.11. The Labute approximate surface area is 144 Å². The number of fused-ring (bicyclic) bond motifs is 1. The van der Waals surface area contributed by atoms with E-state index in [1.807, 2.05) is 12.1 Å². The highest BCUT2D eigenvalue weighted by Crippen LogP contribution is 2.49. The predicted molar refractivity (Wildman–Crippen MR) is 96.6 cm³/mol. The molecule has 0 amide bonds. The van der Waals surface area contributed by atoms with Gasteiger partial charge in [0, 0.05) is 29.0 Å². The van der Waals surface area contributed by atoms with Crippen LogP contribution >= 0.6 is 11.6 Å². The number of rotatable bonds is 3. The highest BCUT2D eigenvalue weighted by atomic mass is 35.5. The van der Waals surface area contributed by atoms with Crippen LogP contribution in [0, 0.1) is 0 Å². The van der Waals surface area contributed by atoms with E-state index in [-0.39, 0.29) is 11.0 Å². The zero-order valence-corrected chi connectivity index (χ0v) is 15.0. The second kappa shape index (κ2) is 5.85. The number of ether oxygens (including phenoxy) is 1. The van der Waals surface area contributed by atoms with Gasteiger partial charge in [0.2, 0.25) is 0 Å². The minimum absolute atomic E-state index is 0.132. The highest BCUT2D eigenvalue weighted by molar-refractivity contribution is 6.30. The number of halogens is 1. The van der Waals surface area contributed by atoms with E-state index in [1.54, 1.807) is 0 Å². The average molecular weight is 330 g/mol. The molecule has 2 aromatic rings. The summed E-state index contributed by atoms with van der Waals surface area (Å²) in [6.45, 7) is 5.24. The van der Waals surface area contributed by atoms with Crippen LogP contribution < -0.4 is 4.74 Å². The fourth-order valence-corrected chi connectivity index (χ4v) is 4.08. The fourth-order valence-electron chi connectivity index (χ4n) is 3.91. The lowest BCUT2D eigenvalue weighted by Gasteiger charge is -2.47. The molecule has 3 heteroatoms. The van der Waals surface area contributed by atoms with Crippen molar-refractivity contribution < 1.29 is 4.74 Å². The summed E-state index contributed by atoms with van der Waals surface area (Å²) in [6.07, 6.45) is 0.912. The maximum atomic E-state index is 6.33. The lowest BCUT2D eigenvalue weighted by Crippen LogP contribution is -2.49. The van der Waals surface area contributed by atoms with Crippen LogP contribution in [0.5, 0.6) is 5.75 Å². The largest absolute Gasteiger partial charge is 0.487 e. The fraction of sp³-hybridized carbons (Fsp3) is 0.400. The lowest BCUT2D eigenvalue weighted by atomic mass is 9.66. The van der Waals surface area contributed by atoms with Crippen molar-refractivity contribution in [1.82, 2.24) is 4.90 Å². The number of nitrogens with zero attached hydrogens (tertiary/aromatic N) is 1. The molecule has 0 radical (unpaired) electrons. The number of hydrogen-bond donors (Lipinski definition) is 0. The molecule has 122 valence electrons. The molecule has 0 N–H and O–H groups in total. The number of benzene rings is 2. The second-order valence-electron chi connectivity index (χ2n) is 7.36. The zero-order chi connectivity index (χ0) is 16.7. The lowest BCUT2D eigenvalue weighted by molar-refractivity contribution is 0.0471. The first-order valence-corrected chi connectivity index (χ1v) is 8.40. The minimum atomic E-state index is -0.229. The van der Waals surface area contributed by atoms with E-state index in [0.717, 1.165) is 23.7 Å². The molecule has 0 saturated heterocycles. The molecule has 0 aliphatic carbocycles. The molecular weight excluding hydrogens is 306 g/mol. The van der Waals surface area contributed by atoms with E-state index in [2.05, 4.69) is 69.2 Å². The first kappa shape index (κ1) is 16.4. The Kier molecular flexibility index (Phi) is 4.16. The van der Waals surface area contributed by atoms with Gasteiger partial charge in [0.05, 0.1) is 0 Å². The Morgan fingerprint density at radius 3 is 2.43 bits per heavy atom. The smallest absolute Gasteiger partial charge is 0.124 e. The number of hydrogen-bond acceptors (Lipinski definition) is 2. The van der Waals surface area contributed by atoms with E-state index < -0.39 is 0 Å². The Morgan fingerprint density at radius 1 is 1.09 bits per heavy atom. The van der Waals surface area contributed by atoms with Crippen LogP contribution in [-0.2, 0) is 5.41 Å². The van der Waals surface area contributed by atoms with Crippen LogP contribution in [0.1, 0.15) is 31.4 Å². The molecule has 1 atom stereocenters. The Hall–Kier alpha value is -1.51. The quantitative estimate of drug-likeness (QED) is 0.805. The van der Waals surface area contributed by atoms with Crippen LogP contribution in [-0.4, -0.2) is 31.1 Å². The summed E-state index contributed by atoms with van der Waals surface area (Å²) >= 11 is 6.33. The van der Waals surface area contributed by atoms with Gasteiger partial charge in [-0.25, -0.2) is 0 Å². The molecule has 0 saturated carbocycles. The van der Waals surface area contributed by atoms with Gasteiger partial charge in [-0.1, -0.05) is 41.9 Å². The molecule has 0 bridgehead atoms. The zero-order valence-electron chi connectivity index (χ0n) is 14.3. The maximum Gasteiger partial charge on any atom is 0.124 e. The van der Waals surface area contributed by atoms with E-state index >= 15 is 0 Å². The van der Waals surface area contributed by atoms with E-state index in [0.29, 0.717) is 0 Å². The molecule has 2 aromatic carbocycles. The first-order chi connectivity index (χ1) is 10.8. The molecule has 1 aliphatic heterocycles. The van der Waals surface area contributed by atoms with Gasteiger partial charge in [-0.05, 0) is 51.7 Å². The molecular formula is C20H24ClNO. The molecule has 2 nitrogen and oxygen atoms in total. The van der Waals surface area contributed by atoms with Crippen molar-refractivity contribution in [2.24, 2.45) is 0 Å². The third-order valence-corrected chi connectivity index (χ3v) is 4.72. The molecule has 0 fully saturated rings. The predicted octanol–water partition coefficient (Wildman–Crippen LogP) is 4.75. The Morgan fingerprint density at radius 2 is 1.78 bits per heavy atom. The van der Waals surface area contributed by atoms with Gasteiger partial charge in [-0.2, -0.15) is 0 Å².